The summed E-state index contributed by atoms with van der Waals surface area (Å²) < 4.78 is 3.35. The highest BCUT2D eigenvalue weighted by molar-refractivity contribution is 6.34. The molecule has 4 aromatic rings. The molecule has 0 radical (unpaired) electrons. The number of allylic oxidation sites excluding steroid dienone is 1. The topological polar surface area (TPSA) is 141 Å². The number of anilines is 1. The summed E-state index contributed by atoms with van der Waals surface area (Å²) >= 11 is 7.10. The average molecular weight is 599 g/mol. The van der Waals surface area contributed by atoms with Gasteiger partial charge in [0.2, 0.25) is 0 Å². The first-order valence-electron chi connectivity index (χ1n) is 14.0. The summed E-state index contributed by atoms with van der Waals surface area (Å²) in [6.07, 6.45) is 4.48. The lowest BCUT2D eigenvalue weighted by molar-refractivity contribution is 0.0985. The van der Waals surface area contributed by atoms with Crippen LogP contribution in [-0.4, -0.2) is 60.6 Å². The highest BCUT2D eigenvalue weighted by atomic mass is 35.5. The minimum atomic E-state index is -0.582. The number of hydrogen-bond acceptors (Lipinski definition) is 7. The first kappa shape index (κ1) is 28.5. The zero-order chi connectivity index (χ0) is 30.6. The molecule has 1 unspecified atom stereocenters. The van der Waals surface area contributed by atoms with Crippen molar-refractivity contribution in [3.63, 3.8) is 0 Å². The monoisotopic (exact) mass is 598 g/mol. The summed E-state index contributed by atoms with van der Waals surface area (Å²) in [5, 5.41) is 7.92. The molecular formula is C31H31ClN8O3. The second kappa shape index (κ2) is 10.9. The van der Waals surface area contributed by atoms with Gasteiger partial charge < -0.3 is 15.6 Å². The number of likely N-dealkylation sites (N-methyl/N-ethyl adjacent to an activating group) is 1. The SMILES string of the molecule is Cc1c(NC(=O)c2nn(C)c3c2CCCC3=C=O)cccc1-c1nccc(C2c3nc(C(N)=O)n(C)c3CCN2C)c1Cl. The Labute approximate surface area is 253 Å². The van der Waals surface area contributed by atoms with Crippen molar-refractivity contribution in [2.45, 2.75) is 38.6 Å². The highest BCUT2D eigenvalue weighted by Crippen LogP contribution is 2.41. The average Bonchev–Trinajstić information content (AvgIpc) is 3.51. The minimum absolute atomic E-state index is 0.211. The lowest BCUT2D eigenvalue weighted by Gasteiger charge is -2.33. The van der Waals surface area contributed by atoms with Gasteiger partial charge in [-0.2, -0.15) is 5.10 Å². The molecule has 0 saturated carbocycles. The molecule has 220 valence electrons. The van der Waals surface area contributed by atoms with Crippen LogP contribution in [0.3, 0.4) is 0 Å². The number of nitrogens with two attached hydrogens (primary N) is 1. The Hall–Kier alpha value is -4.57. The van der Waals surface area contributed by atoms with Crippen LogP contribution in [0.15, 0.2) is 30.5 Å². The molecule has 11 nitrogen and oxygen atoms in total. The summed E-state index contributed by atoms with van der Waals surface area (Å²) in [5.74, 6) is 1.29. The van der Waals surface area contributed by atoms with Crippen molar-refractivity contribution in [3.05, 3.63) is 80.8 Å². The minimum Gasteiger partial charge on any atom is -0.363 e. The van der Waals surface area contributed by atoms with Crippen molar-refractivity contribution < 1.29 is 14.4 Å². The van der Waals surface area contributed by atoms with Crippen LogP contribution in [0, 0.1) is 6.92 Å². The van der Waals surface area contributed by atoms with E-state index in [1.807, 2.05) is 44.2 Å². The largest absolute Gasteiger partial charge is 0.363 e. The van der Waals surface area contributed by atoms with Gasteiger partial charge in [-0.15, -0.1) is 0 Å². The highest BCUT2D eigenvalue weighted by Gasteiger charge is 2.34. The fourth-order valence-electron chi connectivity index (χ4n) is 6.38. The predicted octanol–water partition coefficient (Wildman–Crippen LogP) is 3.66. The number of aryl methyl sites for hydroxylation is 1. The van der Waals surface area contributed by atoms with Gasteiger partial charge in [-0.3, -0.25) is 24.2 Å². The third-order valence-electron chi connectivity index (χ3n) is 8.54. The lowest BCUT2D eigenvalue weighted by atomic mass is 9.92. The van der Waals surface area contributed by atoms with E-state index in [0.29, 0.717) is 46.2 Å². The van der Waals surface area contributed by atoms with Crippen LogP contribution in [0.25, 0.3) is 16.8 Å². The zero-order valence-electron chi connectivity index (χ0n) is 24.4. The van der Waals surface area contributed by atoms with Gasteiger partial charge in [-0.25, -0.2) is 9.78 Å². The molecule has 1 aliphatic heterocycles. The lowest BCUT2D eigenvalue weighted by Crippen LogP contribution is -2.33. The molecule has 2 amide bonds. The zero-order valence-corrected chi connectivity index (χ0v) is 25.1. The van der Waals surface area contributed by atoms with Crippen molar-refractivity contribution in [3.8, 4) is 11.3 Å². The number of nitrogens with one attached hydrogen (secondary N) is 1. The summed E-state index contributed by atoms with van der Waals surface area (Å²) in [6.45, 7) is 2.64. The van der Waals surface area contributed by atoms with E-state index in [-0.39, 0.29) is 17.8 Å². The van der Waals surface area contributed by atoms with Crippen LogP contribution >= 0.6 is 11.6 Å². The molecule has 0 spiro atoms. The number of fused-ring (bicyclic) bond motifs is 2. The molecule has 43 heavy (non-hydrogen) atoms. The van der Waals surface area contributed by atoms with Crippen molar-refractivity contribution >= 4 is 40.6 Å². The van der Waals surface area contributed by atoms with Crippen LogP contribution in [0.2, 0.25) is 5.02 Å². The number of aromatic nitrogens is 5. The molecule has 0 bridgehead atoms. The first-order valence-corrected chi connectivity index (χ1v) is 14.4. The van der Waals surface area contributed by atoms with E-state index in [0.717, 1.165) is 53.0 Å². The molecule has 2 aliphatic rings. The molecule has 6 rings (SSSR count). The van der Waals surface area contributed by atoms with Crippen molar-refractivity contribution in [1.29, 1.82) is 0 Å². The maximum absolute atomic E-state index is 13.5. The molecule has 4 heterocycles. The van der Waals surface area contributed by atoms with Gasteiger partial charge in [0.25, 0.3) is 11.8 Å². The second-order valence-corrected chi connectivity index (χ2v) is 11.4. The normalized spacial score (nSPS) is 16.4. The van der Waals surface area contributed by atoms with E-state index in [1.165, 1.54) is 0 Å². The van der Waals surface area contributed by atoms with Gasteiger partial charge in [0, 0.05) is 55.8 Å². The van der Waals surface area contributed by atoms with Crippen molar-refractivity contribution in [2.75, 3.05) is 18.9 Å². The Balaban J connectivity index is 1.37. The van der Waals surface area contributed by atoms with Crippen LogP contribution < -0.4 is 11.1 Å². The number of amides is 2. The number of benzene rings is 1. The van der Waals surface area contributed by atoms with Gasteiger partial charge in [-0.1, -0.05) is 23.7 Å². The summed E-state index contributed by atoms with van der Waals surface area (Å²) in [4.78, 5) is 48.4. The molecule has 0 saturated heterocycles. The Morgan fingerprint density at radius 2 is 1.93 bits per heavy atom. The third kappa shape index (κ3) is 4.66. The van der Waals surface area contributed by atoms with Gasteiger partial charge in [0.05, 0.1) is 33.7 Å². The summed E-state index contributed by atoms with van der Waals surface area (Å²) in [6, 6.07) is 7.14. The van der Waals surface area contributed by atoms with Gasteiger partial charge in [-0.05, 0) is 56.5 Å². The van der Waals surface area contributed by atoms with E-state index in [4.69, 9.17) is 17.3 Å². The van der Waals surface area contributed by atoms with E-state index in [1.54, 1.807) is 29.5 Å². The molecule has 1 aromatic carbocycles. The molecule has 1 atom stereocenters. The van der Waals surface area contributed by atoms with Crippen LogP contribution in [0.5, 0.6) is 0 Å². The number of rotatable bonds is 5. The Bertz CT molecular complexity index is 1870. The Morgan fingerprint density at radius 1 is 1.14 bits per heavy atom. The summed E-state index contributed by atoms with van der Waals surface area (Å²) in [5.41, 5.74) is 13.1. The van der Waals surface area contributed by atoms with Crippen LogP contribution in [-0.2, 0) is 31.7 Å². The summed E-state index contributed by atoms with van der Waals surface area (Å²) in [7, 11) is 5.53. The fraction of sp³-hybridized carbons (Fsp3) is 0.323. The van der Waals surface area contributed by atoms with Crippen LogP contribution in [0.4, 0.5) is 5.69 Å². The second-order valence-electron chi connectivity index (χ2n) is 11.1. The molecule has 12 heteroatoms. The Morgan fingerprint density at radius 3 is 2.67 bits per heavy atom. The molecule has 3 N–H and O–H groups in total. The van der Waals surface area contributed by atoms with Crippen LogP contribution in [0.1, 0.15) is 73.8 Å². The first-order chi connectivity index (χ1) is 20.6. The van der Waals surface area contributed by atoms with Gasteiger partial charge in [0.15, 0.2) is 11.5 Å². The maximum Gasteiger partial charge on any atom is 0.284 e. The van der Waals surface area contributed by atoms with Gasteiger partial charge >= 0.3 is 0 Å². The van der Waals surface area contributed by atoms with E-state index in [9.17, 15) is 14.4 Å². The number of imidazole rings is 1. The molecule has 1 aliphatic carbocycles. The fourth-order valence-corrected chi connectivity index (χ4v) is 6.70. The maximum atomic E-state index is 13.5. The molecular weight excluding hydrogens is 568 g/mol. The number of halogens is 1. The smallest absolute Gasteiger partial charge is 0.284 e. The van der Waals surface area contributed by atoms with E-state index >= 15 is 0 Å². The molecule has 0 fully saturated rings. The van der Waals surface area contributed by atoms with E-state index < -0.39 is 5.91 Å². The number of pyridine rings is 1. The number of primary amides is 1. The molecule has 3 aromatic heterocycles. The van der Waals surface area contributed by atoms with Gasteiger partial charge in [0.1, 0.15) is 5.94 Å². The number of hydrogen-bond donors (Lipinski definition) is 2. The van der Waals surface area contributed by atoms with Crippen molar-refractivity contribution in [2.24, 2.45) is 19.8 Å². The van der Waals surface area contributed by atoms with E-state index in [2.05, 4.69) is 25.3 Å². The third-order valence-corrected chi connectivity index (χ3v) is 8.94. The number of carbonyl (C=O) groups is 2. The predicted molar refractivity (Wildman–Crippen MR) is 163 cm³/mol. The Kier molecular flexibility index (Phi) is 7.25. The number of carbonyl (C=O) groups excluding carboxylic acids is 3. The van der Waals surface area contributed by atoms with Crippen molar-refractivity contribution in [1.82, 2.24) is 29.2 Å². The standard InChI is InChI=1S/C31H31ClN8O3/c1-16-18(8-6-10-21(16)35-31(43)25-20-9-5-7-17(15-41)27(20)40(4)37-25)24-23(32)19(11-13-34-24)28-26-22(12-14-38(28)2)39(3)30(36-26)29(33)42/h6,8,10-11,13,28H,5,7,9,12,14H2,1-4H3,(H2,33,42)(H,35,43). The number of nitrogens with zero attached hydrogens (tertiary/aromatic N) is 6. The quantitative estimate of drug-likeness (QED) is 0.334.